The van der Waals surface area contributed by atoms with Crippen LogP contribution >= 0.6 is 0 Å². The Morgan fingerprint density at radius 1 is 0.971 bits per heavy atom. The molecule has 3 aromatic carbocycles. The first-order valence-corrected chi connectivity index (χ1v) is 11.4. The molecule has 1 heterocycles. The predicted octanol–water partition coefficient (Wildman–Crippen LogP) is 5.10. The van der Waals surface area contributed by atoms with E-state index in [1.807, 2.05) is 24.3 Å². The Hall–Kier alpha value is -3.61. The van der Waals surface area contributed by atoms with E-state index >= 15 is 0 Å². The zero-order valence-electron chi connectivity index (χ0n) is 19.3. The number of rotatable bonds is 10. The molecule has 5 nitrogen and oxygen atoms in total. The van der Waals surface area contributed by atoms with Gasteiger partial charge < -0.3 is 5.11 Å². The van der Waals surface area contributed by atoms with Gasteiger partial charge in [0.2, 0.25) is 0 Å². The molecule has 0 aliphatic heterocycles. The summed E-state index contributed by atoms with van der Waals surface area (Å²) in [6.45, 7) is 4.03. The van der Waals surface area contributed by atoms with E-state index in [4.69, 9.17) is 0 Å². The van der Waals surface area contributed by atoms with E-state index in [2.05, 4.69) is 76.7 Å². The summed E-state index contributed by atoms with van der Waals surface area (Å²) in [5, 5.41) is 17.4. The molecule has 4 rings (SSSR count). The van der Waals surface area contributed by atoms with E-state index in [-0.39, 0.29) is 18.5 Å². The molecule has 0 spiro atoms. The molecular weight excluding hydrogens is 427 g/mol. The molecule has 0 saturated carbocycles. The first kappa shape index (κ1) is 23.5. The van der Waals surface area contributed by atoms with E-state index in [0.717, 1.165) is 16.7 Å². The van der Waals surface area contributed by atoms with E-state index in [9.17, 15) is 9.50 Å². The zero-order valence-corrected chi connectivity index (χ0v) is 19.3. The fourth-order valence-corrected chi connectivity index (χ4v) is 3.99. The van der Waals surface area contributed by atoms with Gasteiger partial charge in [0.1, 0.15) is 11.5 Å². The van der Waals surface area contributed by atoms with Gasteiger partial charge in [-0.3, -0.25) is 9.58 Å². The third-order valence-electron chi connectivity index (χ3n) is 5.96. The lowest BCUT2D eigenvalue weighted by molar-refractivity contribution is 0.221. The standard InChI is InChI=1S/C28H29FN4O/c1-22(23-12-14-26(29)15-13-23)32(18-19-33-20-27(21-34)30-31-33)17-16-28(24-8-4-2-5-9-24)25-10-6-3-7-11-25/h2-16,20,22,34H,17-19,21H2,1H3/t22-/m1/s1. The van der Waals surface area contributed by atoms with Gasteiger partial charge in [-0.25, -0.2) is 4.39 Å². The number of hydrogen-bond donors (Lipinski definition) is 1. The number of hydrogen-bond acceptors (Lipinski definition) is 4. The van der Waals surface area contributed by atoms with Gasteiger partial charge in [-0.2, -0.15) is 0 Å². The molecular formula is C28H29FN4O. The number of halogens is 1. The fraction of sp³-hybridized carbons (Fsp3) is 0.214. The highest BCUT2D eigenvalue weighted by molar-refractivity contribution is 5.79. The van der Waals surface area contributed by atoms with Crippen molar-refractivity contribution in [1.82, 2.24) is 19.9 Å². The van der Waals surface area contributed by atoms with Crippen molar-refractivity contribution in [3.8, 4) is 0 Å². The molecule has 0 fully saturated rings. The average Bonchev–Trinajstić information content (AvgIpc) is 3.35. The van der Waals surface area contributed by atoms with Gasteiger partial charge in [0.05, 0.1) is 19.3 Å². The predicted molar refractivity (Wildman–Crippen MR) is 132 cm³/mol. The summed E-state index contributed by atoms with van der Waals surface area (Å²) in [4.78, 5) is 2.33. The minimum Gasteiger partial charge on any atom is -0.390 e. The van der Waals surface area contributed by atoms with E-state index in [1.54, 1.807) is 10.9 Å². The Labute approximate surface area is 199 Å². The first-order chi connectivity index (χ1) is 16.6. The Morgan fingerprint density at radius 3 is 2.15 bits per heavy atom. The molecule has 34 heavy (non-hydrogen) atoms. The smallest absolute Gasteiger partial charge is 0.123 e. The van der Waals surface area contributed by atoms with Crippen molar-refractivity contribution in [1.29, 1.82) is 0 Å². The third-order valence-corrected chi connectivity index (χ3v) is 5.96. The second-order valence-electron chi connectivity index (χ2n) is 8.20. The van der Waals surface area contributed by atoms with Crippen LogP contribution in [0.2, 0.25) is 0 Å². The van der Waals surface area contributed by atoms with Crippen LogP contribution in [0.5, 0.6) is 0 Å². The summed E-state index contributed by atoms with van der Waals surface area (Å²) in [5.74, 6) is -0.239. The minimum atomic E-state index is -0.239. The van der Waals surface area contributed by atoms with Crippen molar-refractivity contribution >= 4 is 5.57 Å². The summed E-state index contributed by atoms with van der Waals surface area (Å²) < 4.78 is 15.3. The van der Waals surface area contributed by atoms with Crippen LogP contribution in [0.15, 0.2) is 97.2 Å². The van der Waals surface area contributed by atoms with Crippen LogP contribution in [-0.4, -0.2) is 38.1 Å². The molecule has 4 aromatic rings. The van der Waals surface area contributed by atoms with Crippen LogP contribution < -0.4 is 0 Å². The van der Waals surface area contributed by atoms with Gasteiger partial charge in [-0.1, -0.05) is 84.1 Å². The third kappa shape index (κ3) is 6.04. The normalized spacial score (nSPS) is 12.0. The largest absolute Gasteiger partial charge is 0.390 e. The van der Waals surface area contributed by atoms with Crippen molar-refractivity contribution < 1.29 is 9.50 Å². The van der Waals surface area contributed by atoms with Gasteiger partial charge in [-0.05, 0) is 41.3 Å². The van der Waals surface area contributed by atoms with E-state index in [0.29, 0.717) is 25.3 Å². The Bertz CT molecular complexity index is 1150. The highest BCUT2D eigenvalue weighted by Crippen LogP contribution is 2.25. The first-order valence-electron chi connectivity index (χ1n) is 11.4. The average molecular weight is 457 g/mol. The second-order valence-corrected chi connectivity index (χ2v) is 8.20. The highest BCUT2D eigenvalue weighted by Gasteiger charge is 2.16. The maximum atomic E-state index is 13.5. The molecule has 0 aliphatic rings. The Balaban J connectivity index is 1.62. The molecule has 0 radical (unpaired) electrons. The Kier molecular flexibility index (Phi) is 7.96. The lowest BCUT2D eigenvalue weighted by atomic mass is 9.97. The van der Waals surface area contributed by atoms with Crippen LogP contribution in [0.3, 0.4) is 0 Å². The topological polar surface area (TPSA) is 54.2 Å². The van der Waals surface area contributed by atoms with Crippen molar-refractivity contribution in [3.05, 3.63) is 125 Å². The maximum absolute atomic E-state index is 13.5. The van der Waals surface area contributed by atoms with Gasteiger partial charge in [0.25, 0.3) is 0 Å². The molecule has 1 atom stereocenters. The molecule has 6 heteroatoms. The van der Waals surface area contributed by atoms with Gasteiger partial charge >= 0.3 is 0 Å². The molecule has 1 N–H and O–H groups in total. The lowest BCUT2D eigenvalue weighted by Crippen LogP contribution is -2.31. The van der Waals surface area contributed by atoms with Gasteiger partial charge in [0, 0.05) is 19.1 Å². The minimum absolute atomic E-state index is 0.0606. The van der Waals surface area contributed by atoms with Crippen LogP contribution in [0.1, 0.15) is 35.3 Å². The van der Waals surface area contributed by atoms with E-state index in [1.165, 1.54) is 17.7 Å². The van der Waals surface area contributed by atoms with Crippen molar-refractivity contribution in [2.75, 3.05) is 13.1 Å². The van der Waals surface area contributed by atoms with E-state index < -0.39 is 0 Å². The van der Waals surface area contributed by atoms with Crippen LogP contribution in [0.25, 0.3) is 5.57 Å². The number of nitrogens with zero attached hydrogens (tertiary/aromatic N) is 4. The molecule has 0 unspecified atom stereocenters. The zero-order chi connectivity index (χ0) is 23.8. The van der Waals surface area contributed by atoms with Crippen molar-refractivity contribution in [3.63, 3.8) is 0 Å². The quantitative estimate of drug-likeness (QED) is 0.361. The summed E-state index contributed by atoms with van der Waals surface area (Å²) in [6, 6.07) is 27.5. The molecule has 174 valence electrons. The fourth-order valence-electron chi connectivity index (χ4n) is 3.99. The molecule has 1 aromatic heterocycles. The molecule has 0 amide bonds. The van der Waals surface area contributed by atoms with Crippen LogP contribution in [0, 0.1) is 5.82 Å². The summed E-state index contributed by atoms with van der Waals surface area (Å²) in [5.41, 5.74) is 5.08. The number of aliphatic hydroxyl groups is 1. The van der Waals surface area contributed by atoms with Gasteiger partial charge in [-0.15, -0.1) is 5.10 Å². The molecule has 0 saturated heterocycles. The number of benzene rings is 3. The van der Waals surface area contributed by atoms with Crippen LogP contribution in [-0.2, 0) is 13.2 Å². The number of aliphatic hydroxyl groups excluding tert-OH is 1. The highest BCUT2D eigenvalue weighted by atomic mass is 19.1. The van der Waals surface area contributed by atoms with Crippen LogP contribution in [0.4, 0.5) is 4.39 Å². The summed E-state index contributed by atoms with van der Waals surface area (Å²) >= 11 is 0. The number of aromatic nitrogens is 3. The van der Waals surface area contributed by atoms with Crippen molar-refractivity contribution in [2.45, 2.75) is 26.1 Å². The molecule has 0 aliphatic carbocycles. The second kappa shape index (κ2) is 11.5. The Morgan fingerprint density at radius 2 is 1.59 bits per heavy atom. The maximum Gasteiger partial charge on any atom is 0.123 e. The lowest BCUT2D eigenvalue weighted by Gasteiger charge is -2.29. The summed E-state index contributed by atoms with van der Waals surface area (Å²) in [6.07, 6.45) is 4.02. The van der Waals surface area contributed by atoms with Gasteiger partial charge in [0.15, 0.2) is 0 Å². The monoisotopic (exact) mass is 456 g/mol. The summed E-state index contributed by atoms with van der Waals surface area (Å²) in [7, 11) is 0. The molecule has 0 bridgehead atoms. The SMILES string of the molecule is C[C@H](c1ccc(F)cc1)N(CC=C(c1ccccc1)c1ccccc1)CCn1cc(CO)nn1. The van der Waals surface area contributed by atoms with Crippen molar-refractivity contribution in [2.24, 2.45) is 0 Å².